The molecule has 1 aliphatic rings. The predicted molar refractivity (Wildman–Crippen MR) is 66.7 cm³/mol. The third-order valence-corrected chi connectivity index (χ3v) is 3.51. The maximum Gasteiger partial charge on any atom is 0.407 e. The van der Waals surface area contributed by atoms with Gasteiger partial charge in [0, 0.05) is 6.54 Å². The largest absolute Gasteiger partial charge is 0.445 e. The molecule has 1 amide bonds. The highest BCUT2D eigenvalue weighted by Gasteiger charge is 2.32. The van der Waals surface area contributed by atoms with Gasteiger partial charge in [-0.3, -0.25) is 0 Å². The molecule has 98 valence electrons. The standard InChI is InChI=1S/C13H23NO3/c1-3-9-17-12(15)14-10-13(16)7-5-11(4-2)6-8-13/h3,11,16H,1,4-10H2,2H3,(H,14,15). The van der Waals surface area contributed by atoms with E-state index in [9.17, 15) is 9.90 Å². The molecule has 0 radical (unpaired) electrons. The number of amides is 1. The highest BCUT2D eigenvalue weighted by molar-refractivity contribution is 5.67. The van der Waals surface area contributed by atoms with Crippen molar-refractivity contribution in [1.82, 2.24) is 5.32 Å². The van der Waals surface area contributed by atoms with Crippen molar-refractivity contribution in [2.24, 2.45) is 5.92 Å². The summed E-state index contributed by atoms with van der Waals surface area (Å²) in [7, 11) is 0. The predicted octanol–water partition coefficient (Wildman–Crippen LogP) is 2.23. The number of carbonyl (C=O) groups excluding carboxylic acids is 1. The van der Waals surface area contributed by atoms with E-state index in [1.165, 1.54) is 12.5 Å². The highest BCUT2D eigenvalue weighted by Crippen LogP contribution is 2.33. The van der Waals surface area contributed by atoms with E-state index in [-0.39, 0.29) is 13.2 Å². The number of hydrogen-bond acceptors (Lipinski definition) is 3. The fourth-order valence-corrected chi connectivity index (χ4v) is 2.22. The molecule has 4 heteroatoms. The maximum atomic E-state index is 11.2. The lowest BCUT2D eigenvalue weighted by atomic mass is 9.78. The lowest BCUT2D eigenvalue weighted by molar-refractivity contribution is -0.00847. The van der Waals surface area contributed by atoms with Crippen LogP contribution in [0.3, 0.4) is 0 Å². The van der Waals surface area contributed by atoms with Gasteiger partial charge in [0.25, 0.3) is 0 Å². The van der Waals surface area contributed by atoms with Gasteiger partial charge < -0.3 is 15.2 Å². The van der Waals surface area contributed by atoms with E-state index in [2.05, 4.69) is 18.8 Å². The van der Waals surface area contributed by atoms with Gasteiger partial charge in [-0.1, -0.05) is 26.0 Å². The third kappa shape index (κ3) is 4.77. The SMILES string of the molecule is C=CCOC(=O)NCC1(O)CCC(CC)CC1. The van der Waals surface area contributed by atoms with Gasteiger partial charge in [-0.15, -0.1) is 0 Å². The van der Waals surface area contributed by atoms with Crippen LogP contribution in [0.1, 0.15) is 39.0 Å². The van der Waals surface area contributed by atoms with E-state index >= 15 is 0 Å². The van der Waals surface area contributed by atoms with Crippen LogP contribution in [0, 0.1) is 5.92 Å². The van der Waals surface area contributed by atoms with Crippen LogP contribution in [-0.2, 0) is 4.74 Å². The van der Waals surface area contributed by atoms with Crippen molar-refractivity contribution >= 4 is 6.09 Å². The molecule has 0 saturated heterocycles. The average Bonchev–Trinajstić information content (AvgIpc) is 2.35. The molecule has 2 N–H and O–H groups in total. The van der Waals surface area contributed by atoms with E-state index < -0.39 is 11.7 Å². The van der Waals surface area contributed by atoms with Crippen LogP contribution < -0.4 is 5.32 Å². The fraction of sp³-hybridized carbons (Fsp3) is 0.769. The van der Waals surface area contributed by atoms with Gasteiger partial charge in [0.05, 0.1) is 5.60 Å². The van der Waals surface area contributed by atoms with Crippen LogP contribution in [0.5, 0.6) is 0 Å². The molecule has 1 aliphatic carbocycles. The summed E-state index contributed by atoms with van der Waals surface area (Å²) in [5, 5.41) is 12.9. The number of hydrogen-bond donors (Lipinski definition) is 2. The van der Waals surface area contributed by atoms with Gasteiger partial charge >= 0.3 is 6.09 Å². The minimum absolute atomic E-state index is 0.197. The monoisotopic (exact) mass is 241 g/mol. The first-order valence-corrected chi connectivity index (χ1v) is 6.33. The molecule has 1 saturated carbocycles. The number of rotatable bonds is 5. The molecule has 4 nitrogen and oxygen atoms in total. The lowest BCUT2D eigenvalue weighted by Crippen LogP contribution is -2.45. The van der Waals surface area contributed by atoms with E-state index in [1.807, 2.05) is 0 Å². The fourth-order valence-electron chi connectivity index (χ4n) is 2.22. The smallest absolute Gasteiger partial charge is 0.407 e. The van der Waals surface area contributed by atoms with Crippen LogP contribution in [0.2, 0.25) is 0 Å². The zero-order valence-electron chi connectivity index (χ0n) is 10.6. The molecule has 1 rings (SSSR count). The Morgan fingerprint density at radius 1 is 1.59 bits per heavy atom. The van der Waals surface area contributed by atoms with Crippen molar-refractivity contribution in [3.05, 3.63) is 12.7 Å². The van der Waals surface area contributed by atoms with Gasteiger partial charge in [-0.25, -0.2) is 4.79 Å². The minimum atomic E-state index is -0.751. The highest BCUT2D eigenvalue weighted by atomic mass is 16.5. The van der Waals surface area contributed by atoms with E-state index in [0.717, 1.165) is 31.6 Å². The quantitative estimate of drug-likeness (QED) is 0.726. The molecule has 0 aliphatic heterocycles. The Labute approximate surface area is 103 Å². The van der Waals surface area contributed by atoms with Crippen molar-refractivity contribution < 1.29 is 14.6 Å². The molecular formula is C13H23NO3. The number of aliphatic hydroxyl groups is 1. The molecule has 0 aromatic carbocycles. The molecule has 17 heavy (non-hydrogen) atoms. The first-order chi connectivity index (χ1) is 8.09. The van der Waals surface area contributed by atoms with Gasteiger partial charge in [-0.2, -0.15) is 0 Å². The van der Waals surface area contributed by atoms with Crippen molar-refractivity contribution in [3.8, 4) is 0 Å². The Morgan fingerprint density at radius 2 is 2.24 bits per heavy atom. The topological polar surface area (TPSA) is 58.6 Å². The second-order valence-corrected chi connectivity index (χ2v) is 4.82. The van der Waals surface area contributed by atoms with Crippen LogP contribution in [0.4, 0.5) is 4.79 Å². The van der Waals surface area contributed by atoms with Crippen molar-refractivity contribution in [3.63, 3.8) is 0 Å². The van der Waals surface area contributed by atoms with E-state index in [0.29, 0.717) is 0 Å². The van der Waals surface area contributed by atoms with Crippen molar-refractivity contribution in [1.29, 1.82) is 0 Å². The summed E-state index contributed by atoms with van der Waals surface area (Å²) < 4.78 is 4.79. The summed E-state index contributed by atoms with van der Waals surface area (Å²) in [5.41, 5.74) is -0.751. The molecule has 0 atom stereocenters. The van der Waals surface area contributed by atoms with Gasteiger partial charge in [-0.05, 0) is 31.6 Å². The Balaban J connectivity index is 2.26. The lowest BCUT2D eigenvalue weighted by Gasteiger charge is -2.35. The molecular weight excluding hydrogens is 218 g/mol. The van der Waals surface area contributed by atoms with Crippen molar-refractivity contribution in [2.45, 2.75) is 44.6 Å². The van der Waals surface area contributed by atoms with Crippen LogP contribution in [0.25, 0.3) is 0 Å². The second-order valence-electron chi connectivity index (χ2n) is 4.82. The number of carbonyl (C=O) groups is 1. The van der Waals surface area contributed by atoms with E-state index in [4.69, 9.17) is 4.74 Å². The second kappa shape index (κ2) is 6.64. The van der Waals surface area contributed by atoms with Crippen molar-refractivity contribution in [2.75, 3.05) is 13.2 Å². The molecule has 0 aromatic rings. The summed E-state index contributed by atoms with van der Waals surface area (Å²) in [6, 6.07) is 0. The van der Waals surface area contributed by atoms with Gasteiger partial charge in [0.1, 0.15) is 6.61 Å². The van der Waals surface area contributed by atoms with Gasteiger partial charge in [0.15, 0.2) is 0 Å². The zero-order chi connectivity index (χ0) is 12.7. The van der Waals surface area contributed by atoms with Crippen LogP contribution in [0.15, 0.2) is 12.7 Å². The summed E-state index contributed by atoms with van der Waals surface area (Å²) >= 11 is 0. The Kier molecular flexibility index (Phi) is 5.48. The Bertz CT molecular complexity index is 257. The minimum Gasteiger partial charge on any atom is -0.445 e. The normalized spacial score (nSPS) is 28.5. The molecule has 0 heterocycles. The number of ether oxygens (including phenoxy) is 1. The Hall–Kier alpha value is -1.03. The first-order valence-electron chi connectivity index (χ1n) is 6.33. The third-order valence-electron chi connectivity index (χ3n) is 3.51. The number of nitrogens with one attached hydrogen (secondary N) is 1. The molecule has 1 fully saturated rings. The van der Waals surface area contributed by atoms with Gasteiger partial charge in [0.2, 0.25) is 0 Å². The Morgan fingerprint density at radius 3 is 2.76 bits per heavy atom. The molecule has 0 unspecified atom stereocenters. The maximum absolute atomic E-state index is 11.2. The molecule has 0 spiro atoms. The molecule has 0 bridgehead atoms. The molecule has 0 aromatic heterocycles. The average molecular weight is 241 g/mol. The first kappa shape index (κ1) is 14.0. The zero-order valence-corrected chi connectivity index (χ0v) is 10.6. The summed E-state index contributed by atoms with van der Waals surface area (Å²) in [5.74, 6) is 0.725. The van der Waals surface area contributed by atoms with Crippen LogP contribution >= 0.6 is 0 Å². The summed E-state index contributed by atoms with van der Waals surface area (Å²) in [6.45, 7) is 6.11. The van der Waals surface area contributed by atoms with E-state index in [1.54, 1.807) is 0 Å². The van der Waals surface area contributed by atoms with Crippen LogP contribution in [-0.4, -0.2) is 30.0 Å². The summed E-state index contributed by atoms with van der Waals surface area (Å²) in [4.78, 5) is 11.2. The summed E-state index contributed by atoms with van der Waals surface area (Å²) in [6.07, 6.45) is 5.79. The number of alkyl carbamates (subject to hydrolysis) is 1.